The number of nitrogens with one attached hydrogen (secondary N) is 2. The first kappa shape index (κ1) is 22.0. The number of carbonyl (C=O) groups excluding carboxylic acids is 1. The van der Waals surface area contributed by atoms with Crippen molar-refractivity contribution in [3.63, 3.8) is 0 Å². The Kier molecular flexibility index (Phi) is 6.17. The lowest BCUT2D eigenvalue weighted by molar-refractivity contribution is -0.123. The molecule has 0 bridgehead atoms. The largest absolute Gasteiger partial charge is 0.352 e. The highest BCUT2D eigenvalue weighted by molar-refractivity contribution is 7.92. The summed E-state index contributed by atoms with van der Waals surface area (Å²) in [5.74, 6) is -0.0867. The molecule has 1 saturated heterocycles. The average Bonchev–Trinajstić information content (AvgIpc) is 3.26. The normalized spacial score (nSPS) is 28.9. The zero-order chi connectivity index (χ0) is 22.1. The highest BCUT2D eigenvalue weighted by atomic mass is 32.2. The van der Waals surface area contributed by atoms with Gasteiger partial charge in [-0.1, -0.05) is 42.5 Å². The second kappa shape index (κ2) is 8.71. The van der Waals surface area contributed by atoms with Crippen LogP contribution in [0.25, 0.3) is 0 Å². The standard InChI is InChI=1S/C24H29FN2O3S/c1-17-6-5-9-20(16-17)31(29,30)24(25)14-12-19(13-15-24)26-23(28)22-11-10-21(27-22)18-7-3-2-4-8-18/h2-9,16,19,21-22,27H,10-15H2,1H3,(H,26,28)/t19-,21-,22+,24+/m0/s1. The van der Waals surface area contributed by atoms with Crippen LogP contribution in [0, 0.1) is 6.92 Å². The Morgan fingerprint density at radius 2 is 1.74 bits per heavy atom. The molecule has 0 unspecified atom stereocenters. The van der Waals surface area contributed by atoms with Gasteiger partial charge in [-0.2, -0.15) is 0 Å². The number of aryl methyl sites for hydroxylation is 1. The number of rotatable bonds is 5. The number of alkyl halides is 1. The molecule has 1 heterocycles. The van der Waals surface area contributed by atoms with E-state index in [0.717, 1.165) is 18.4 Å². The SMILES string of the molecule is Cc1cccc(S(=O)(=O)[C@]2(F)CC[C@H](NC(=O)[C@H]3CC[C@@H](c4ccccc4)N3)CC2)c1. The highest BCUT2D eigenvalue weighted by Gasteiger charge is 2.48. The zero-order valence-corrected chi connectivity index (χ0v) is 18.5. The maximum Gasteiger partial charge on any atom is 0.237 e. The number of amides is 1. The second-order valence-electron chi connectivity index (χ2n) is 8.75. The van der Waals surface area contributed by atoms with Crippen molar-refractivity contribution in [2.75, 3.05) is 0 Å². The van der Waals surface area contributed by atoms with E-state index in [1.807, 2.05) is 18.2 Å². The lowest BCUT2D eigenvalue weighted by Crippen LogP contribution is -2.49. The van der Waals surface area contributed by atoms with E-state index >= 15 is 4.39 Å². The molecule has 1 aliphatic carbocycles. The fourth-order valence-corrected chi connectivity index (χ4v) is 6.45. The molecule has 2 atom stereocenters. The third-order valence-electron chi connectivity index (χ3n) is 6.52. The lowest BCUT2D eigenvalue weighted by Gasteiger charge is -2.34. The Morgan fingerprint density at radius 1 is 1.03 bits per heavy atom. The van der Waals surface area contributed by atoms with Gasteiger partial charge in [0.05, 0.1) is 10.9 Å². The molecule has 166 valence electrons. The summed E-state index contributed by atoms with van der Waals surface area (Å²) >= 11 is 0. The average molecular weight is 445 g/mol. The lowest BCUT2D eigenvalue weighted by atomic mass is 9.93. The van der Waals surface area contributed by atoms with Gasteiger partial charge in [0.15, 0.2) is 0 Å². The predicted octanol–water partition coefficient (Wildman–Crippen LogP) is 3.99. The summed E-state index contributed by atoms with van der Waals surface area (Å²) in [5, 5.41) is 4.10. The third kappa shape index (κ3) is 4.53. The summed E-state index contributed by atoms with van der Waals surface area (Å²) in [4.78, 5) is 12.7. The van der Waals surface area contributed by atoms with Gasteiger partial charge in [0.2, 0.25) is 20.7 Å². The van der Waals surface area contributed by atoms with Crippen LogP contribution in [0.5, 0.6) is 0 Å². The first-order valence-electron chi connectivity index (χ1n) is 10.9. The summed E-state index contributed by atoms with van der Waals surface area (Å²) in [6, 6.07) is 16.1. The fraction of sp³-hybridized carbons (Fsp3) is 0.458. The molecule has 0 aromatic heterocycles. The molecular formula is C24H29FN2O3S. The van der Waals surface area contributed by atoms with Crippen LogP contribution in [0.4, 0.5) is 4.39 Å². The number of halogens is 1. The van der Waals surface area contributed by atoms with E-state index < -0.39 is 14.8 Å². The Labute approximate surface area is 183 Å². The van der Waals surface area contributed by atoms with Gasteiger partial charge in [-0.3, -0.25) is 10.1 Å². The molecule has 0 spiro atoms. The number of sulfone groups is 1. The molecule has 2 fully saturated rings. The minimum atomic E-state index is -4.08. The molecule has 7 heteroatoms. The van der Waals surface area contributed by atoms with E-state index in [-0.39, 0.29) is 41.8 Å². The van der Waals surface area contributed by atoms with E-state index in [1.54, 1.807) is 19.1 Å². The second-order valence-corrected chi connectivity index (χ2v) is 11.0. The molecule has 2 aromatic rings. The van der Waals surface area contributed by atoms with Crippen LogP contribution in [0.15, 0.2) is 59.5 Å². The summed E-state index contributed by atoms with van der Waals surface area (Å²) in [6.07, 6.45) is 2.02. The maximum absolute atomic E-state index is 15.5. The van der Waals surface area contributed by atoms with Crippen molar-refractivity contribution in [1.82, 2.24) is 10.6 Å². The highest BCUT2D eigenvalue weighted by Crippen LogP contribution is 2.40. The Bertz CT molecular complexity index is 1030. The van der Waals surface area contributed by atoms with Crippen molar-refractivity contribution in [3.8, 4) is 0 Å². The van der Waals surface area contributed by atoms with Crippen molar-refractivity contribution < 1.29 is 17.6 Å². The first-order valence-corrected chi connectivity index (χ1v) is 12.4. The molecule has 2 N–H and O–H groups in total. The Morgan fingerprint density at radius 3 is 2.42 bits per heavy atom. The molecule has 1 amide bonds. The quantitative estimate of drug-likeness (QED) is 0.731. The minimum Gasteiger partial charge on any atom is -0.352 e. The van der Waals surface area contributed by atoms with E-state index in [1.165, 1.54) is 17.7 Å². The molecule has 1 saturated carbocycles. The molecule has 2 aliphatic rings. The number of hydrogen-bond acceptors (Lipinski definition) is 4. The number of benzene rings is 2. The molecule has 31 heavy (non-hydrogen) atoms. The minimum absolute atomic E-state index is 0.0274. The number of carbonyl (C=O) groups is 1. The Balaban J connectivity index is 1.33. The van der Waals surface area contributed by atoms with Crippen LogP contribution in [0.2, 0.25) is 0 Å². The van der Waals surface area contributed by atoms with E-state index in [4.69, 9.17) is 0 Å². The van der Waals surface area contributed by atoms with Gasteiger partial charge < -0.3 is 5.32 Å². The van der Waals surface area contributed by atoms with Gasteiger partial charge in [-0.05, 0) is 68.7 Å². The van der Waals surface area contributed by atoms with Crippen molar-refractivity contribution >= 4 is 15.7 Å². The van der Waals surface area contributed by atoms with Crippen LogP contribution in [0.3, 0.4) is 0 Å². The smallest absolute Gasteiger partial charge is 0.237 e. The van der Waals surface area contributed by atoms with E-state index in [9.17, 15) is 13.2 Å². The van der Waals surface area contributed by atoms with Gasteiger partial charge in [0, 0.05) is 12.1 Å². The van der Waals surface area contributed by atoms with Crippen molar-refractivity contribution in [2.45, 2.75) is 73.5 Å². The molecule has 4 rings (SSSR count). The summed E-state index contributed by atoms with van der Waals surface area (Å²) < 4.78 is 41.3. The predicted molar refractivity (Wildman–Crippen MR) is 118 cm³/mol. The van der Waals surface area contributed by atoms with Gasteiger partial charge in [0.1, 0.15) is 0 Å². The maximum atomic E-state index is 15.5. The van der Waals surface area contributed by atoms with Gasteiger partial charge in [0.25, 0.3) is 0 Å². The van der Waals surface area contributed by atoms with Crippen LogP contribution >= 0.6 is 0 Å². The van der Waals surface area contributed by atoms with E-state index in [0.29, 0.717) is 12.8 Å². The topological polar surface area (TPSA) is 75.3 Å². The fourth-order valence-electron chi connectivity index (χ4n) is 4.66. The molecule has 2 aromatic carbocycles. The van der Waals surface area contributed by atoms with Gasteiger partial charge in [-0.15, -0.1) is 0 Å². The van der Waals surface area contributed by atoms with Gasteiger partial charge >= 0.3 is 0 Å². The molecule has 5 nitrogen and oxygen atoms in total. The molecule has 1 aliphatic heterocycles. The monoisotopic (exact) mass is 444 g/mol. The zero-order valence-electron chi connectivity index (χ0n) is 17.7. The number of hydrogen-bond donors (Lipinski definition) is 2. The van der Waals surface area contributed by atoms with Crippen LogP contribution < -0.4 is 10.6 Å². The van der Waals surface area contributed by atoms with Crippen molar-refractivity contribution in [3.05, 3.63) is 65.7 Å². The van der Waals surface area contributed by atoms with Gasteiger partial charge in [-0.25, -0.2) is 12.8 Å². The third-order valence-corrected chi connectivity index (χ3v) is 8.77. The van der Waals surface area contributed by atoms with Crippen molar-refractivity contribution in [1.29, 1.82) is 0 Å². The summed E-state index contributed by atoms with van der Waals surface area (Å²) in [7, 11) is -4.08. The van der Waals surface area contributed by atoms with Crippen molar-refractivity contribution in [2.24, 2.45) is 0 Å². The molecule has 0 radical (unpaired) electrons. The molecular weight excluding hydrogens is 415 g/mol. The van der Waals surface area contributed by atoms with Crippen LogP contribution in [0.1, 0.15) is 55.7 Å². The Hall–Kier alpha value is -2.25. The van der Waals surface area contributed by atoms with E-state index in [2.05, 4.69) is 22.8 Å². The first-order chi connectivity index (χ1) is 14.8. The summed E-state index contributed by atoms with van der Waals surface area (Å²) in [5.41, 5.74) is 1.95. The van der Waals surface area contributed by atoms with Crippen LogP contribution in [-0.2, 0) is 14.6 Å². The van der Waals surface area contributed by atoms with Crippen LogP contribution in [-0.4, -0.2) is 31.4 Å². The summed E-state index contributed by atoms with van der Waals surface area (Å²) in [6.45, 7) is 1.79.